The molecular weight excluding hydrogens is 330 g/mol. The molecule has 3 aromatic rings. The molecule has 0 saturated carbocycles. The first-order valence-corrected chi connectivity index (χ1v) is 8.16. The van der Waals surface area contributed by atoms with Crippen molar-refractivity contribution in [2.24, 2.45) is 0 Å². The van der Waals surface area contributed by atoms with Crippen LogP contribution in [0.25, 0.3) is 22.3 Å². The number of carbonyl (C=O) groups is 1. The number of esters is 1. The van der Waals surface area contributed by atoms with Gasteiger partial charge in [0, 0.05) is 29.1 Å². The fourth-order valence-corrected chi connectivity index (χ4v) is 2.91. The summed E-state index contributed by atoms with van der Waals surface area (Å²) in [6.07, 6.45) is 4.07. The van der Waals surface area contributed by atoms with Crippen molar-refractivity contribution in [2.45, 2.75) is 13.3 Å². The van der Waals surface area contributed by atoms with Gasteiger partial charge in [-0.25, -0.2) is 14.8 Å². The lowest BCUT2D eigenvalue weighted by molar-refractivity contribution is 0.0594. The first-order valence-electron chi connectivity index (χ1n) is 8.16. The van der Waals surface area contributed by atoms with E-state index in [0.717, 1.165) is 34.2 Å². The Morgan fingerprint density at radius 3 is 2.35 bits per heavy atom. The summed E-state index contributed by atoms with van der Waals surface area (Å²) < 4.78 is 4.68. The highest BCUT2D eigenvalue weighted by Crippen LogP contribution is 2.36. The second-order valence-electron chi connectivity index (χ2n) is 5.73. The second kappa shape index (κ2) is 7.23. The Balaban J connectivity index is 2.12. The van der Waals surface area contributed by atoms with Gasteiger partial charge in [0.25, 0.3) is 0 Å². The van der Waals surface area contributed by atoms with Gasteiger partial charge in [0.05, 0.1) is 7.11 Å². The van der Waals surface area contributed by atoms with E-state index in [9.17, 15) is 9.90 Å². The van der Waals surface area contributed by atoms with Crippen LogP contribution in [-0.4, -0.2) is 28.2 Å². The summed E-state index contributed by atoms with van der Waals surface area (Å²) in [6.45, 7) is 2.04. The first-order chi connectivity index (χ1) is 12.5. The van der Waals surface area contributed by atoms with Gasteiger partial charge in [-0.3, -0.25) is 0 Å². The Hall–Kier alpha value is -3.41. The average Bonchev–Trinajstić information content (AvgIpc) is 2.68. The molecule has 6 nitrogen and oxygen atoms in total. The molecule has 0 radical (unpaired) electrons. The molecule has 2 heterocycles. The summed E-state index contributed by atoms with van der Waals surface area (Å²) in [5.41, 5.74) is 10.9. The third-order valence-electron chi connectivity index (χ3n) is 4.19. The molecular formula is C20H19N3O3. The molecule has 132 valence electrons. The van der Waals surface area contributed by atoms with E-state index in [4.69, 9.17) is 5.73 Å². The predicted molar refractivity (Wildman–Crippen MR) is 99.7 cm³/mol. The van der Waals surface area contributed by atoms with Gasteiger partial charge >= 0.3 is 5.97 Å². The topological polar surface area (TPSA) is 98.3 Å². The zero-order valence-corrected chi connectivity index (χ0v) is 14.6. The Bertz CT molecular complexity index is 936. The number of methoxy groups -OCH3 is 1. The van der Waals surface area contributed by atoms with E-state index in [1.54, 1.807) is 30.6 Å². The molecule has 6 heteroatoms. The molecule has 0 unspecified atom stereocenters. The van der Waals surface area contributed by atoms with Gasteiger partial charge in [0.2, 0.25) is 0 Å². The minimum Gasteiger partial charge on any atom is -0.508 e. The molecule has 0 bridgehead atoms. The van der Waals surface area contributed by atoms with Crippen LogP contribution in [-0.2, 0) is 11.2 Å². The van der Waals surface area contributed by atoms with E-state index in [2.05, 4.69) is 14.7 Å². The van der Waals surface area contributed by atoms with Crippen LogP contribution in [0.3, 0.4) is 0 Å². The number of nitrogen functional groups attached to an aromatic ring is 1. The standard InChI is InChI=1S/C20H19N3O3/c1-3-15-16(13-6-9-17(22-10-13)20(25)26-2)11-23-19(21)18(15)12-4-7-14(24)8-5-12/h4-11,24H,3H2,1-2H3,(H2,21,23). The third-order valence-corrected chi connectivity index (χ3v) is 4.19. The zero-order valence-electron chi connectivity index (χ0n) is 14.6. The molecule has 2 aromatic heterocycles. The van der Waals surface area contributed by atoms with E-state index in [0.29, 0.717) is 5.82 Å². The molecule has 0 aliphatic rings. The number of aromatic hydroxyl groups is 1. The third kappa shape index (κ3) is 3.21. The highest BCUT2D eigenvalue weighted by atomic mass is 16.5. The summed E-state index contributed by atoms with van der Waals surface area (Å²) in [6, 6.07) is 10.3. The SMILES string of the molecule is CCc1c(-c2ccc(C(=O)OC)nc2)cnc(N)c1-c1ccc(O)cc1. The lowest BCUT2D eigenvalue weighted by Gasteiger charge is -2.16. The number of phenolic OH excluding ortho intramolecular Hbond substituents is 1. The van der Waals surface area contributed by atoms with Crippen molar-refractivity contribution >= 4 is 11.8 Å². The predicted octanol–water partition coefficient (Wildman–Crippen LogP) is 3.45. The first kappa shape index (κ1) is 17.4. The minimum absolute atomic E-state index is 0.192. The van der Waals surface area contributed by atoms with Crippen LogP contribution in [0, 0.1) is 0 Å². The maximum Gasteiger partial charge on any atom is 0.356 e. The van der Waals surface area contributed by atoms with Crippen LogP contribution in [0.2, 0.25) is 0 Å². The Labute approximate surface area is 151 Å². The lowest BCUT2D eigenvalue weighted by atomic mass is 9.92. The van der Waals surface area contributed by atoms with Gasteiger partial charge in [-0.1, -0.05) is 25.1 Å². The van der Waals surface area contributed by atoms with Crippen molar-refractivity contribution in [1.82, 2.24) is 9.97 Å². The highest BCUT2D eigenvalue weighted by Gasteiger charge is 2.16. The fraction of sp³-hybridized carbons (Fsp3) is 0.150. The molecule has 0 fully saturated rings. The van der Waals surface area contributed by atoms with Crippen molar-refractivity contribution in [3.8, 4) is 28.0 Å². The van der Waals surface area contributed by atoms with Gasteiger partial charge in [-0.05, 0) is 35.7 Å². The quantitative estimate of drug-likeness (QED) is 0.700. The normalized spacial score (nSPS) is 10.5. The van der Waals surface area contributed by atoms with Crippen LogP contribution in [0.4, 0.5) is 5.82 Å². The largest absolute Gasteiger partial charge is 0.508 e. The summed E-state index contributed by atoms with van der Waals surface area (Å²) in [4.78, 5) is 20.1. The number of rotatable bonds is 4. The number of carbonyl (C=O) groups excluding carboxylic acids is 1. The summed E-state index contributed by atoms with van der Waals surface area (Å²) in [5, 5.41) is 9.53. The van der Waals surface area contributed by atoms with E-state index < -0.39 is 5.97 Å². The second-order valence-corrected chi connectivity index (χ2v) is 5.73. The zero-order chi connectivity index (χ0) is 18.7. The summed E-state index contributed by atoms with van der Waals surface area (Å²) >= 11 is 0. The number of ether oxygens (including phenoxy) is 1. The molecule has 26 heavy (non-hydrogen) atoms. The Morgan fingerprint density at radius 1 is 1.08 bits per heavy atom. The minimum atomic E-state index is -0.479. The van der Waals surface area contributed by atoms with E-state index in [1.807, 2.05) is 25.1 Å². The monoisotopic (exact) mass is 349 g/mol. The average molecular weight is 349 g/mol. The van der Waals surface area contributed by atoms with Gasteiger partial charge in [0.1, 0.15) is 17.3 Å². The molecule has 0 aliphatic carbocycles. The molecule has 0 amide bonds. The van der Waals surface area contributed by atoms with Crippen molar-refractivity contribution in [1.29, 1.82) is 0 Å². The molecule has 1 aromatic carbocycles. The van der Waals surface area contributed by atoms with Crippen LogP contribution in [0.1, 0.15) is 23.0 Å². The molecule has 0 saturated heterocycles. The molecule has 0 aliphatic heterocycles. The molecule has 0 atom stereocenters. The van der Waals surface area contributed by atoms with Crippen molar-refractivity contribution in [2.75, 3.05) is 12.8 Å². The van der Waals surface area contributed by atoms with Crippen molar-refractivity contribution in [3.63, 3.8) is 0 Å². The van der Waals surface area contributed by atoms with Crippen molar-refractivity contribution < 1.29 is 14.6 Å². The number of nitrogens with zero attached hydrogens (tertiary/aromatic N) is 2. The lowest BCUT2D eigenvalue weighted by Crippen LogP contribution is -2.04. The van der Waals surface area contributed by atoms with E-state index >= 15 is 0 Å². The number of aromatic nitrogens is 2. The maximum atomic E-state index is 11.6. The van der Waals surface area contributed by atoms with Crippen LogP contribution < -0.4 is 5.73 Å². The van der Waals surface area contributed by atoms with Gasteiger partial charge in [-0.15, -0.1) is 0 Å². The number of benzene rings is 1. The van der Waals surface area contributed by atoms with Crippen LogP contribution in [0.5, 0.6) is 5.75 Å². The molecule has 0 spiro atoms. The van der Waals surface area contributed by atoms with E-state index in [-0.39, 0.29) is 11.4 Å². The number of phenols is 1. The van der Waals surface area contributed by atoms with Crippen LogP contribution >= 0.6 is 0 Å². The van der Waals surface area contributed by atoms with Gasteiger partial charge < -0.3 is 15.6 Å². The van der Waals surface area contributed by atoms with Crippen molar-refractivity contribution in [3.05, 3.63) is 60.0 Å². The number of hydrogen-bond acceptors (Lipinski definition) is 6. The summed E-state index contributed by atoms with van der Waals surface area (Å²) in [7, 11) is 1.32. The fourth-order valence-electron chi connectivity index (χ4n) is 2.91. The van der Waals surface area contributed by atoms with Gasteiger partial charge in [0.15, 0.2) is 0 Å². The Morgan fingerprint density at radius 2 is 1.77 bits per heavy atom. The Kier molecular flexibility index (Phi) is 4.84. The number of hydrogen-bond donors (Lipinski definition) is 2. The maximum absolute atomic E-state index is 11.6. The highest BCUT2D eigenvalue weighted by molar-refractivity contribution is 5.88. The van der Waals surface area contributed by atoms with E-state index in [1.165, 1.54) is 7.11 Å². The number of anilines is 1. The number of pyridine rings is 2. The smallest absolute Gasteiger partial charge is 0.356 e. The molecule has 3 rings (SSSR count). The number of nitrogens with two attached hydrogens (primary N) is 1. The van der Waals surface area contributed by atoms with Gasteiger partial charge in [-0.2, -0.15) is 0 Å². The molecule has 3 N–H and O–H groups in total. The summed E-state index contributed by atoms with van der Waals surface area (Å²) in [5.74, 6) is 0.139. The van der Waals surface area contributed by atoms with Crippen LogP contribution in [0.15, 0.2) is 48.8 Å².